The molecule has 1 aromatic carbocycles. The number of aryl methyl sites for hydroxylation is 3. The molecule has 166 valence electrons. The Morgan fingerprint density at radius 1 is 1.26 bits per heavy atom. The monoisotopic (exact) mass is 424 g/mol. The van der Waals surface area contributed by atoms with Crippen molar-refractivity contribution in [1.29, 1.82) is 0 Å². The number of methoxy groups -OCH3 is 1. The average molecular weight is 425 g/mol. The molecular formula is C26H32O5. The zero-order chi connectivity index (χ0) is 22.9. The van der Waals surface area contributed by atoms with Gasteiger partial charge in [-0.1, -0.05) is 37.5 Å². The molecule has 0 amide bonds. The summed E-state index contributed by atoms with van der Waals surface area (Å²) in [7, 11) is 1.66. The van der Waals surface area contributed by atoms with Crippen molar-refractivity contribution in [3.63, 3.8) is 0 Å². The smallest absolute Gasteiger partial charge is 0.421 e. The first-order valence-corrected chi connectivity index (χ1v) is 10.8. The van der Waals surface area contributed by atoms with Crippen LogP contribution in [0.1, 0.15) is 48.9 Å². The molecule has 1 aromatic rings. The van der Waals surface area contributed by atoms with E-state index in [1.165, 1.54) is 0 Å². The van der Waals surface area contributed by atoms with Crippen LogP contribution in [0.25, 0.3) is 5.57 Å². The van der Waals surface area contributed by atoms with Crippen LogP contribution in [0, 0.1) is 56.3 Å². The van der Waals surface area contributed by atoms with Crippen molar-refractivity contribution in [2.24, 2.45) is 23.2 Å². The summed E-state index contributed by atoms with van der Waals surface area (Å²) in [4.78, 5) is 26.4. The van der Waals surface area contributed by atoms with Gasteiger partial charge in [-0.2, -0.15) is 0 Å². The zero-order valence-corrected chi connectivity index (χ0v) is 19.3. The van der Waals surface area contributed by atoms with Crippen molar-refractivity contribution in [1.82, 2.24) is 0 Å². The lowest BCUT2D eigenvalue weighted by Crippen LogP contribution is -2.45. The zero-order valence-electron chi connectivity index (χ0n) is 19.3. The van der Waals surface area contributed by atoms with E-state index in [1.807, 2.05) is 20.8 Å². The van der Waals surface area contributed by atoms with E-state index in [2.05, 4.69) is 31.9 Å². The van der Waals surface area contributed by atoms with Gasteiger partial charge in [-0.3, -0.25) is 4.79 Å². The molecule has 2 aliphatic rings. The van der Waals surface area contributed by atoms with Gasteiger partial charge in [0.2, 0.25) is 0 Å². The minimum Gasteiger partial charge on any atom is -0.421 e. The number of fused-ring (bicyclic) bond motifs is 1. The molecule has 31 heavy (non-hydrogen) atoms. The van der Waals surface area contributed by atoms with E-state index in [9.17, 15) is 9.59 Å². The number of carbonyl (C=O) groups is 2. The van der Waals surface area contributed by atoms with E-state index < -0.39 is 6.16 Å². The average Bonchev–Trinajstić information content (AvgIpc) is 2.97. The number of hydrogen-bond donors (Lipinski definition) is 0. The number of Topliss-reactive ketones (excluding diaryl/α,β-unsaturated/α-hetero) is 1. The molecule has 0 N–H and O–H groups in total. The second-order valence-electron chi connectivity index (χ2n) is 9.33. The molecule has 1 saturated carbocycles. The lowest BCUT2D eigenvalue weighted by Gasteiger charge is -2.45. The number of hydrogen-bond acceptors (Lipinski definition) is 5. The first-order chi connectivity index (χ1) is 14.6. The number of rotatable bonds is 5. The highest BCUT2D eigenvalue weighted by Crippen LogP contribution is 2.57. The molecule has 2 unspecified atom stereocenters. The Morgan fingerprint density at radius 2 is 1.90 bits per heavy atom. The maximum atomic E-state index is 14.0. The Balaban J connectivity index is 2.20. The van der Waals surface area contributed by atoms with Gasteiger partial charge in [0, 0.05) is 24.4 Å². The van der Waals surface area contributed by atoms with Gasteiger partial charge in [0.15, 0.2) is 12.4 Å². The second kappa shape index (κ2) is 8.88. The van der Waals surface area contributed by atoms with Gasteiger partial charge in [-0.25, -0.2) is 4.79 Å². The van der Waals surface area contributed by atoms with Crippen molar-refractivity contribution < 1.29 is 23.8 Å². The van der Waals surface area contributed by atoms with Crippen LogP contribution in [0.15, 0.2) is 17.9 Å². The van der Waals surface area contributed by atoms with Crippen molar-refractivity contribution in [3.8, 4) is 12.3 Å². The van der Waals surface area contributed by atoms with Crippen molar-refractivity contribution >= 4 is 17.5 Å². The summed E-state index contributed by atoms with van der Waals surface area (Å²) in [6, 6.07) is 4.10. The highest BCUT2D eigenvalue weighted by atomic mass is 16.7. The maximum absolute atomic E-state index is 14.0. The van der Waals surface area contributed by atoms with Crippen molar-refractivity contribution in [2.45, 2.75) is 47.5 Å². The van der Waals surface area contributed by atoms with E-state index in [-0.39, 0.29) is 35.6 Å². The molecule has 3 rings (SSSR count). The van der Waals surface area contributed by atoms with E-state index >= 15 is 0 Å². The van der Waals surface area contributed by atoms with Crippen molar-refractivity contribution in [2.75, 3.05) is 20.3 Å². The van der Waals surface area contributed by atoms with Gasteiger partial charge in [0.1, 0.15) is 5.76 Å². The largest absolute Gasteiger partial charge is 0.514 e. The first kappa shape index (κ1) is 23.1. The predicted octanol–water partition coefficient (Wildman–Crippen LogP) is 5.01. The molecular weight excluding hydrogens is 392 g/mol. The standard InChI is InChI=1S/C26H32O5/c1-8-11-30-25(28)31-24-20-16(3)9-10-26(6,14-29-7)22(20)23(27)21(24)19-17(4)12-15(2)13-18(19)5/h1,12-13,16,20,22H,9-11,14H2,2-7H3/t16?,20-,22+,26?/m0/s1. The van der Waals surface area contributed by atoms with Gasteiger partial charge in [0.25, 0.3) is 0 Å². The summed E-state index contributed by atoms with van der Waals surface area (Å²) >= 11 is 0. The number of ketones is 1. The molecule has 0 radical (unpaired) electrons. The number of ether oxygens (including phenoxy) is 3. The van der Waals surface area contributed by atoms with Crippen LogP contribution < -0.4 is 0 Å². The molecule has 1 fully saturated rings. The van der Waals surface area contributed by atoms with Crippen LogP contribution in [-0.4, -0.2) is 32.3 Å². The molecule has 5 heteroatoms. The predicted molar refractivity (Wildman–Crippen MR) is 119 cm³/mol. The number of terminal acetylenes is 1. The SMILES string of the molecule is C#CCOC(=O)OC1=C(c2c(C)cc(C)cc2C)C(=O)[C@H]2[C@@H]1C(C)CCC2(C)COC. The Bertz CT molecular complexity index is 943. The summed E-state index contributed by atoms with van der Waals surface area (Å²) in [5.74, 6) is 2.36. The fraction of sp³-hybridized carbons (Fsp3) is 0.538. The molecule has 0 heterocycles. The van der Waals surface area contributed by atoms with E-state index in [4.69, 9.17) is 20.6 Å². The second-order valence-corrected chi connectivity index (χ2v) is 9.33. The van der Waals surface area contributed by atoms with Crippen molar-refractivity contribution in [3.05, 3.63) is 40.1 Å². The lowest BCUT2D eigenvalue weighted by atomic mass is 9.60. The molecule has 0 saturated heterocycles. The van der Waals surface area contributed by atoms with Crippen LogP contribution in [0.3, 0.4) is 0 Å². The third-order valence-electron chi connectivity index (χ3n) is 6.84. The minimum absolute atomic E-state index is 0.0194. The van der Waals surface area contributed by atoms with Crippen LogP contribution in [0.5, 0.6) is 0 Å². The van der Waals surface area contributed by atoms with Crippen LogP contribution in [-0.2, 0) is 19.0 Å². The third kappa shape index (κ3) is 4.14. The van der Waals surface area contributed by atoms with Gasteiger partial charge in [-0.15, -0.1) is 6.42 Å². The summed E-state index contributed by atoms with van der Waals surface area (Å²) in [6.07, 6.45) is 6.14. The van der Waals surface area contributed by atoms with Crippen LogP contribution >= 0.6 is 0 Å². The minimum atomic E-state index is -0.868. The maximum Gasteiger partial charge on any atom is 0.514 e. The molecule has 0 aliphatic heterocycles. The molecule has 0 spiro atoms. The fourth-order valence-electron chi connectivity index (χ4n) is 5.64. The van der Waals surface area contributed by atoms with E-state index in [1.54, 1.807) is 7.11 Å². The Morgan fingerprint density at radius 3 is 2.48 bits per heavy atom. The number of benzene rings is 1. The molecule has 4 atom stereocenters. The lowest BCUT2D eigenvalue weighted by molar-refractivity contribution is -0.128. The quantitative estimate of drug-likeness (QED) is 0.491. The highest BCUT2D eigenvalue weighted by molar-refractivity contribution is 6.26. The Hall–Kier alpha value is -2.58. The van der Waals surface area contributed by atoms with Gasteiger partial charge in [0.05, 0.1) is 12.2 Å². The van der Waals surface area contributed by atoms with Gasteiger partial charge in [-0.05, 0) is 56.2 Å². The molecule has 0 bridgehead atoms. The van der Waals surface area contributed by atoms with Crippen LogP contribution in [0.2, 0.25) is 0 Å². The number of carbonyl (C=O) groups excluding carboxylic acids is 2. The molecule has 0 aromatic heterocycles. The summed E-state index contributed by atoms with van der Waals surface area (Å²) in [5, 5.41) is 0. The third-order valence-corrected chi connectivity index (χ3v) is 6.84. The summed E-state index contributed by atoms with van der Waals surface area (Å²) < 4.78 is 16.3. The van der Waals surface area contributed by atoms with E-state index in [0.717, 1.165) is 35.1 Å². The summed E-state index contributed by atoms with van der Waals surface area (Å²) in [5.41, 5.74) is 4.10. The van der Waals surface area contributed by atoms with Crippen LogP contribution in [0.4, 0.5) is 4.79 Å². The Labute approximate surface area is 185 Å². The molecule has 5 nitrogen and oxygen atoms in total. The fourth-order valence-corrected chi connectivity index (χ4v) is 5.64. The van der Waals surface area contributed by atoms with E-state index in [0.29, 0.717) is 17.9 Å². The van der Waals surface area contributed by atoms with Gasteiger partial charge < -0.3 is 14.2 Å². The summed E-state index contributed by atoms with van der Waals surface area (Å²) in [6.45, 7) is 10.5. The normalized spacial score (nSPS) is 27.6. The highest BCUT2D eigenvalue weighted by Gasteiger charge is 2.57. The van der Waals surface area contributed by atoms with Gasteiger partial charge >= 0.3 is 6.16 Å². The first-order valence-electron chi connectivity index (χ1n) is 10.8. The molecule has 2 aliphatic carbocycles. The number of allylic oxidation sites excluding steroid dienone is 2. The topological polar surface area (TPSA) is 61.8 Å². The Kier molecular flexibility index (Phi) is 6.62.